The van der Waals surface area contributed by atoms with Gasteiger partial charge in [0.05, 0.1) is 29.4 Å². The second-order valence-electron chi connectivity index (χ2n) is 8.20. The summed E-state index contributed by atoms with van der Waals surface area (Å²) in [5, 5.41) is 19.5. The number of aromatic amines is 2. The first kappa shape index (κ1) is 24.4. The molecule has 0 saturated carbocycles. The Morgan fingerprint density at radius 2 is 1.89 bits per heavy atom. The van der Waals surface area contributed by atoms with Gasteiger partial charge >= 0.3 is 5.69 Å². The van der Waals surface area contributed by atoms with Crippen LogP contribution >= 0.6 is 0 Å². The van der Waals surface area contributed by atoms with Gasteiger partial charge in [-0.2, -0.15) is 5.21 Å². The predicted octanol–water partition coefficient (Wildman–Crippen LogP) is 1.90. The van der Waals surface area contributed by atoms with Crippen LogP contribution in [-0.2, 0) is 0 Å². The van der Waals surface area contributed by atoms with E-state index < -0.39 is 29.0 Å². The summed E-state index contributed by atoms with van der Waals surface area (Å²) in [5.74, 6) is -0.264. The molecular weight excluding hydrogens is 495 g/mol. The maximum atomic E-state index is 14.3. The Morgan fingerprint density at radius 1 is 1.11 bits per heavy atom. The van der Waals surface area contributed by atoms with Crippen LogP contribution in [0.5, 0.6) is 5.75 Å². The predicted molar refractivity (Wildman–Crippen MR) is 136 cm³/mol. The number of benzene rings is 3. The number of halogens is 1. The molecule has 0 aliphatic carbocycles. The van der Waals surface area contributed by atoms with Crippen LogP contribution in [-0.4, -0.2) is 50.2 Å². The van der Waals surface area contributed by atoms with Crippen molar-refractivity contribution in [1.82, 2.24) is 35.5 Å². The summed E-state index contributed by atoms with van der Waals surface area (Å²) in [6.07, 6.45) is 0. The maximum Gasteiger partial charge on any atom is 0.333 e. The molecule has 12 nitrogen and oxygen atoms in total. The van der Waals surface area contributed by atoms with E-state index in [-0.39, 0.29) is 33.7 Å². The van der Waals surface area contributed by atoms with Gasteiger partial charge in [-0.05, 0) is 54.1 Å². The Morgan fingerprint density at radius 3 is 2.58 bits per heavy atom. The van der Waals surface area contributed by atoms with Crippen molar-refractivity contribution in [2.45, 2.75) is 6.04 Å². The van der Waals surface area contributed by atoms with Crippen LogP contribution in [0.2, 0.25) is 0 Å². The van der Waals surface area contributed by atoms with Gasteiger partial charge in [-0.15, -0.1) is 10.2 Å². The number of carbonyl (C=O) groups excluding carboxylic acids is 1. The smallest absolute Gasteiger partial charge is 0.333 e. The van der Waals surface area contributed by atoms with E-state index >= 15 is 0 Å². The molecule has 5 aromatic rings. The quantitative estimate of drug-likeness (QED) is 0.255. The summed E-state index contributed by atoms with van der Waals surface area (Å²) in [6, 6.07) is 14.6. The van der Waals surface area contributed by atoms with E-state index in [0.29, 0.717) is 11.3 Å². The molecule has 192 valence electrons. The highest BCUT2D eigenvalue weighted by Gasteiger charge is 2.22. The minimum atomic E-state index is -0.737. The van der Waals surface area contributed by atoms with Crippen molar-refractivity contribution in [3.05, 3.63) is 104 Å². The Kier molecular flexibility index (Phi) is 6.39. The molecule has 1 unspecified atom stereocenters. The number of amides is 1. The largest absolute Gasteiger partial charge is 0.497 e. The number of aromatic nitrogens is 6. The summed E-state index contributed by atoms with van der Waals surface area (Å²) < 4.78 is 20.4. The van der Waals surface area contributed by atoms with Crippen molar-refractivity contribution < 1.29 is 13.9 Å². The van der Waals surface area contributed by atoms with Gasteiger partial charge in [0.25, 0.3) is 11.5 Å². The molecule has 0 bridgehead atoms. The third kappa shape index (κ3) is 4.48. The summed E-state index contributed by atoms with van der Waals surface area (Å²) in [6.45, 7) is 0. The number of nitrogens with one attached hydrogen (secondary N) is 4. The molecule has 2 heterocycles. The zero-order valence-corrected chi connectivity index (χ0v) is 20.2. The first-order valence-corrected chi connectivity index (χ1v) is 11.3. The first-order valence-electron chi connectivity index (χ1n) is 11.3. The number of H-pyrrole nitrogens is 2. The van der Waals surface area contributed by atoms with Crippen LogP contribution in [0.25, 0.3) is 16.6 Å². The number of hydrogen-bond donors (Lipinski definition) is 4. The molecule has 5 rings (SSSR count). The van der Waals surface area contributed by atoms with E-state index in [1.807, 2.05) is 0 Å². The summed E-state index contributed by atoms with van der Waals surface area (Å²) in [5.41, 5.74) is 0.0621. The number of nitrogens with zero attached hydrogens (tertiary/aromatic N) is 4. The van der Waals surface area contributed by atoms with Crippen LogP contribution in [0.1, 0.15) is 27.8 Å². The fourth-order valence-electron chi connectivity index (χ4n) is 4.05. The van der Waals surface area contributed by atoms with Crippen LogP contribution < -0.4 is 26.6 Å². The number of methoxy groups -OCH3 is 1. The lowest BCUT2D eigenvalue weighted by Gasteiger charge is -2.17. The lowest BCUT2D eigenvalue weighted by atomic mass is 10.0. The highest BCUT2D eigenvalue weighted by Crippen LogP contribution is 2.23. The molecule has 0 spiro atoms. The number of tetrazole rings is 1. The standard InChI is InChI=1S/C25H21FN8O4/c1-27-20-12-19-17(11-18(20)26)24(36)34(25(37)28-19)15-8-6-13(7-9-15)23(35)29-21(22-30-32-33-31-22)14-4-3-5-16(10-14)38-2/h3-12,21,27H,1-2H3,(H,28,37)(H,29,35)(H,30,31,32,33). The molecule has 2 aromatic heterocycles. The second-order valence-corrected chi connectivity index (χ2v) is 8.20. The average Bonchev–Trinajstić information content (AvgIpc) is 3.47. The number of hydrogen-bond acceptors (Lipinski definition) is 8. The molecule has 3 aromatic carbocycles. The summed E-state index contributed by atoms with van der Waals surface area (Å²) in [7, 11) is 3.06. The van der Waals surface area contributed by atoms with E-state index in [1.54, 1.807) is 24.3 Å². The molecule has 38 heavy (non-hydrogen) atoms. The monoisotopic (exact) mass is 516 g/mol. The second kappa shape index (κ2) is 9.97. The van der Waals surface area contributed by atoms with Crippen molar-refractivity contribution in [2.24, 2.45) is 0 Å². The molecule has 0 radical (unpaired) electrons. The van der Waals surface area contributed by atoms with Gasteiger partial charge in [-0.1, -0.05) is 17.3 Å². The van der Waals surface area contributed by atoms with E-state index in [9.17, 15) is 18.8 Å². The van der Waals surface area contributed by atoms with E-state index in [1.165, 1.54) is 44.5 Å². The van der Waals surface area contributed by atoms with E-state index in [4.69, 9.17) is 4.74 Å². The minimum Gasteiger partial charge on any atom is -0.497 e. The topological polar surface area (TPSA) is 160 Å². The summed E-state index contributed by atoms with van der Waals surface area (Å²) in [4.78, 5) is 41.5. The normalized spacial score (nSPS) is 11.8. The van der Waals surface area contributed by atoms with Crippen molar-refractivity contribution >= 4 is 22.5 Å². The van der Waals surface area contributed by atoms with Crippen LogP contribution in [0.4, 0.5) is 10.1 Å². The summed E-state index contributed by atoms with van der Waals surface area (Å²) >= 11 is 0. The van der Waals surface area contributed by atoms with Crippen molar-refractivity contribution in [2.75, 3.05) is 19.5 Å². The molecule has 0 fully saturated rings. The number of fused-ring (bicyclic) bond motifs is 1. The zero-order valence-electron chi connectivity index (χ0n) is 20.2. The van der Waals surface area contributed by atoms with Crippen LogP contribution in [0.3, 0.4) is 0 Å². The zero-order chi connectivity index (χ0) is 26.8. The van der Waals surface area contributed by atoms with E-state index in [0.717, 1.165) is 10.6 Å². The van der Waals surface area contributed by atoms with Gasteiger partial charge in [-0.25, -0.2) is 13.8 Å². The average molecular weight is 516 g/mol. The van der Waals surface area contributed by atoms with Gasteiger partial charge in [0.15, 0.2) is 0 Å². The third-order valence-electron chi connectivity index (χ3n) is 5.96. The molecule has 13 heteroatoms. The van der Waals surface area contributed by atoms with Crippen LogP contribution in [0.15, 0.2) is 70.3 Å². The van der Waals surface area contributed by atoms with Gasteiger partial charge < -0.3 is 20.4 Å². The number of carbonyl (C=O) groups is 1. The number of ether oxygens (including phenoxy) is 1. The highest BCUT2D eigenvalue weighted by atomic mass is 19.1. The minimum absolute atomic E-state index is 0.00385. The first-order chi connectivity index (χ1) is 18.4. The van der Waals surface area contributed by atoms with Gasteiger partial charge in [0.2, 0.25) is 5.82 Å². The number of rotatable bonds is 7. The lowest BCUT2D eigenvalue weighted by Crippen LogP contribution is -2.34. The molecule has 0 aliphatic rings. The van der Waals surface area contributed by atoms with Gasteiger partial charge in [0, 0.05) is 12.6 Å². The third-order valence-corrected chi connectivity index (χ3v) is 5.96. The molecule has 1 amide bonds. The SMILES string of the molecule is CNc1cc2[nH]c(=O)n(-c3ccc(C(=O)NC(c4cccc(OC)c4)c4nn[nH]n4)cc3)c(=O)c2cc1F. The Labute approximate surface area is 213 Å². The highest BCUT2D eigenvalue weighted by molar-refractivity contribution is 5.94. The fraction of sp³-hybridized carbons (Fsp3) is 0.120. The van der Waals surface area contributed by atoms with Crippen LogP contribution in [0, 0.1) is 5.82 Å². The maximum absolute atomic E-state index is 14.3. The molecule has 4 N–H and O–H groups in total. The Balaban J connectivity index is 1.46. The van der Waals surface area contributed by atoms with Crippen molar-refractivity contribution in [3.8, 4) is 11.4 Å². The molecule has 0 saturated heterocycles. The number of anilines is 1. The molecular formula is C25H21FN8O4. The van der Waals surface area contributed by atoms with Crippen molar-refractivity contribution in [1.29, 1.82) is 0 Å². The fourth-order valence-corrected chi connectivity index (χ4v) is 4.05. The lowest BCUT2D eigenvalue weighted by molar-refractivity contribution is 0.0941. The molecule has 0 aliphatic heterocycles. The van der Waals surface area contributed by atoms with E-state index in [2.05, 4.69) is 36.2 Å². The van der Waals surface area contributed by atoms with Gasteiger partial charge in [-0.3, -0.25) is 9.59 Å². The van der Waals surface area contributed by atoms with Crippen molar-refractivity contribution in [3.63, 3.8) is 0 Å². The van der Waals surface area contributed by atoms with Gasteiger partial charge in [0.1, 0.15) is 17.6 Å². The Hall–Kier alpha value is -5.33. The molecule has 1 atom stereocenters. The Bertz CT molecular complexity index is 1750.